The number of rotatable bonds is 3. The minimum Gasteiger partial charge on any atom is -0.373 e. The molecular formula is C16H26N4. The van der Waals surface area contributed by atoms with Crippen LogP contribution >= 0.6 is 0 Å². The largest absolute Gasteiger partial charge is 0.373 e. The smallest absolute Gasteiger partial charge is 0.125 e. The first kappa shape index (κ1) is 13.8. The van der Waals surface area contributed by atoms with Gasteiger partial charge in [-0.05, 0) is 63.0 Å². The number of anilines is 1. The van der Waals surface area contributed by atoms with E-state index in [1.165, 1.54) is 44.5 Å². The molecule has 0 saturated carbocycles. The first-order chi connectivity index (χ1) is 9.76. The first-order valence-electron chi connectivity index (χ1n) is 7.81. The molecule has 2 atom stereocenters. The van der Waals surface area contributed by atoms with E-state index in [2.05, 4.69) is 39.3 Å². The highest BCUT2D eigenvalue weighted by Gasteiger charge is 2.33. The predicted molar refractivity (Wildman–Crippen MR) is 82.8 cm³/mol. The average molecular weight is 274 g/mol. The molecular weight excluding hydrogens is 248 g/mol. The Hall–Kier alpha value is -1.13. The molecule has 0 spiro atoms. The standard InChI is InChI=1S/C16H26N4/c1-17-16-10-13(5-7-18-16)11-20-9-6-15-14(12-20)4-3-8-19(15)2/h5,7,10,14-15H,3-4,6,8-9,11-12H2,1-2H3,(H,17,18). The van der Waals surface area contributed by atoms with Crippen molar-refractivity contribution in [2.24, 2.45) is 5.92 Å². The monoisotopic (exact) mass is 274 g/mol. The average Bonchev–Trinajstić information content (AvgIpc) is 2.47. The maximum atomic E-state index is 4.29. The lowest BCUT2D eigenvalue weighted by molar-refractivity contribution is 0.0355. The van der Waals surface area contributed by atoms with Crippen LogP contribution in [0, 0.1) is 5.92 Å². The molecule has 0 amide bonds. The second-order valence-electron chi connectivity index (χ2n) is 6.27. The molecule has 1 N–H and O–H groups in total. The maximum Gasteiger partial charge on any atom is 0.125 e. The number of aromatic nitrogens is 1. The molecule has 0 aliphatic carbocycles. The van der Waals surface area contributed by atoms with Crippen LogP contribution in [0.3, 0.4) is 0 Å². The van der Waals surface area contributed by atoms with Gasteiger partial charge in [0.05, 0.1) is 0 Å². The molecule has 0 radical (unpaired) electrons. The Bertz CT molecular complexity index is 448. The van der Waals surface area contributed by atoms with Crippen molar-refractivity contribution in [2.45, 2.75) is 31.8 Å². The summed E-state index contributed by atoms with van der Waals surface area (Å²) in [6.45, 7) is 4.83. The summed E-state index contributed by atoms with van der Waals surface area (Å²) in [5.74, 6) is 1.84. The van der Waals surface area contributed by atoms with Gasteiger partial charge in [0.25, 0.3) is 0 Å². The summed E-state index contributed by atoms with van der Waals surface area (Å²) in [5.41, 5.74) is 1.37. The minimum absolute atomic E-state index is 0.824. The number of hydrogen-bond donors (Lipinski definition) is 1. The molecule has 2 saturated heterocycles. The number of nitrogens with one attached hydrogen (secondary N) is 1. The normalized spacial score (nSPS) is 28.1. The van der Waals surface area contributed by atoms with Gasteiger partial charge in [-0.25, -0.2) is 4.98 Å². The zero-order chi connectivity index (χ0) is 13.9. The van der Waals surface area contributed by atoms with E-state index in [-0.39, 0.29) is 0 Å². The maximum absolute atomic E-state index is 4.29. The molecule has 1 aromatic rings. The zero-order valence-electron chi connectivity index (χ0n) is 12.7. The predicted octanol–water partition coefficient (Wildman–Crippen LogP) is 2.04. The molecule has 2 unspecified atom stereocenters. The summed E-state index contributed by atoms with van der Waals surface area (Å²) in [4.78, 5) is 9.49. The molecule has 0 bridgehead atoms. The van der Waals surface area contributed by atoms with Crippen LogP contribution in [-0.2, 0) is 6.54 Å². The zero-order valence-corrected chi connectivity index (χ0v) is 12.7. The van der Waals surface area contributed by atoms with Crippen molar-refractivity contribution in [1.82, 2.24) is 14.8 Å². The van der Waals surface area contributed by atoms with Gasteiger partial charge >= 0.3 is 0 Å². The van der Waals surface area contributed by atoms with Crippen molar-refractivity contribution >= 4 is 5.82 Å². The van der Waals surface area contributed by atoms with Crippen LogP contribution in [0.5, 0.6) is 0 Å². The van der Waals surface area contributed by atoms with Crippen LogP contribution in [0.1, 0.15) is 24.8 Å². The van der Waals surface area contributed by atoms with E-state index in [4.69, 9.17) is 0 Å². The summed E-state index contributed by atoms with van der Waals surface area (Å²) in [7, 11) is 4.23. The highest BCUT2D eigenvalue weighted by atomic mass is 15.2. The molecule has 2 fully saturated rings. The van der Waals surface area contributed by atoms with E-state index in [1.807, 2.05) is 13.2 Å². The van der Waals surface area contributed by atoms with E-state index in [0.717, 1.165) is 24.3 Å². The van der Waals surface area contributed by atoms with Crippen LogP contribution in [-0.4, -0.2) is 54.6 Å². The Balaban J connectivity index is 1.61. The second kappa shape index (κ2) is 6.10. The minimum atomic E-state index is 0.824. The fourth-order valence-corrected chi connectivity index (χ4v) is 3.84. The Kier molecular flexibility index (Phi) is 4.22. The lowest BCUT2D eigenvalue weighted by Gasteiger charge is -2.46. The summed E-state index contributed by atoms with van der Waals surface area (Å²) >= 11 is 0. The highest BCUT2D eigenvalue weighted by Crippen LogP contribution is 2.30. The summed E-state index contributed by atoms with van der Waals surface area (Å²) < 4.78 is 0. The number of hydrogen-bond acceptors (Lipinski definition) is 4. The topological polar surface area (TPSA) is 31.4 Å². The van der Waals surface area contributed by atoms with Gasteiger partial charge in [0, 0.05) is 32.4 Å². The fourth-order valence-electron chi connectivity index (χ4n) is 3.84. The van der Waals surface area contributed by atoms with Crippen LogP contribution in [0.25, 0.3) is 0 Å². The molecule has 3 rings (SSSR count). The third-order valence-corrected chi connectivity index (χ3v) is 4.92. The van der Waals surface area contributed by atoms with Crippen molar-refractivity contribution in [3.05, 3.63) is 23.9 Å². The Morgan fingerprint density at radius 1 is 1.35 bits per heavy atom. The number of pyridine rings is 1. The van der Waals surface area contributed by atoms with E-state index in [9.17, 15) is 0 Å². The van der Waals surface area contributed by atoms with Gasteiger partial charge in [0.1, 0.15) is 5.82 Å². The van der Waals surface area contributed by atoms with Crippen molar-refractivity contribution in [3.63, 3.8) is 0 Å². The van der Waals surface area contributed by atoms with Gasteiger partial charge < -0.3 is 10.2 Å². The third kappa shape index (κ3) is 2.96. The lowest BCUT2D eigenvalue weighted by Crippen LogP contribution is -2.52. The molecule has 3 heterocycles. The first-order valence-corrected chi connectivity index (χ1v) is 7.81. The number of fused-ring (bicyclic) bond motifs is 1. The second-order valence-corrected chi connectivity index (χ2v) is 6.27. The van der Waals surface area contributed by atoms with Crippen LogP contribution in [0.15, 0.2) is 18.3 Å². The summed E-state index contributed by atoms with van der Waals surface area (Å²) in [5, 5.41) is 3.12. The van der Waals surface area contributed by atoms with Crippen molar-refractivity contribution in [1.29, 1.82) is 0 Å². The Morgan fingerprint density at radius 2 is 2.25 bits per heavy atom. The van der Waals surface area contributed by atoms with E-state index in [1.54, 1.807) is 0 Å². The molecule has 4 nitrogen and oxygen atoms in total. The molecule has 110 valence electrons. The van der Waals surface area contributed by atoms with E-state index in [0.29, 0.717) is 0 Å². The van der Waals surface area contributed by atoms with E-state index < -0.39 is 0 Å². The van der Waals surface area contributed by atoms with Gasteiger partial charge in [0.2, 0.25) is 0 Å². The third-order valence-electron chi connectivity index (χ3n) is 4.92. The van der Waals surface area contributed by atoms with Gasteiger partial charge in [-0.15, -0.1) is 0 Å². The molecule has 0 aromatic carbocycles. The lowest BCUT2D eigenvalue weighted by atomic mass is 9.84. The molecule has 4 heteroatoms. The SMILES string of the molecule is CNc1cc(CN2CCC3C(CCCN3C)C2)ccn1. The number of likely N-dealkylation sites (tertiary alicyclic amines) is 2. The summed E-state index contributed by atoms with van der Waals surface area (Å²) in [6, 6.07) is 5.13. The van der Waals surface area contributed by atoms with Crippen molar-refractivity contribution < 1.29 is 0 Å². The summed E-state index contributed by atoms with van der Waals surface area (Å²) in [6.07, 6.45) is 6.00. The molecule has 2 aliphatic heterocycles. The number of piperidine rings is 2. The Morgan fingerprint density at radius 3 is 3.10 bits per heavy atom. The van der Waals surface area contributed by atoms with Crippen molar-refractivity contribution in [2.75, 3.05) is 39.0 Å². The molecule has 1 aromatic heterocycles. The van der Waals surface area contributed by atoms with Gasteiger partial charge in [0.15, 0.2) is 0 Å². The van der Waals surface area contributed by atoms with Gasteiger partial charge in [-0.2, -0.15) is 0 Å². The molecule has 20 heavy (non-hydrogen) atoms. The van der Waals surface area contributed by atoms with Crippen LogP contribution in [0.2, 0.25) is 0 Å². The van der Waals surface area contributed by atoms with Crippen molar-refractivity contribution in [3.8, 4) is 0 Å². The fraction of sp³-hybridized carbons (Fsp3) is 0.688. The molecule has 2 aliphatic rings. The van der Waals surface area contributed by atoms with Crippen LogP contribution in [0.4, 0.5) is 5.82 Å². The van der Waals surface area contributed by atoms with Gasteiger partial charge in [-0.1, -0.05) is 0 Å². The Labute approximate surface area is 122 Å². The van der Waals surface area contributed by atoms with Gasteiger partial charge in [-0.3, -0.25) is 4.90 Å². The quantitative estimate of drug-likeness (QED) is 0.914. The van der Waals surface area contributed by atoms with Crippen LogP contribution < -0.4 is 5.32 Å². The number of nitrogens with zero attached hydrogens (tertiary/aromatic N) is 3. The highest BCUT2D eigenvalue weighted by molar-refractivity contribution is 5.36. The van der Waals surface area contributed by atoms with E-state index >= 15 is 0 Å².